The maximum Gasteiger partial charge on any atom is 0.179 e. The lowest BCUT2D eigenvalue weighted by atomic mass is 10.5. The van der Waals surface area contributed by atoms with E-state index in [0.29, 0.717) is 18.2 Å². The van der Waals surface area contributed by atoms with Gasteiger partial charge in [0.1, 0.15) is 6.33 Å². The predicted octanol–water partition coefficient (Wildman–Crippen LogP) is 0.848. The van der Waals surface area contributed by atoms with E-state index < -0.39 is 0 Å². The van der Waals surface area contributed by atoms with Gasteiger partial charge in [-0.05, 0) is 6.42 Å². The molecule has 60 valence electrons. The number of nitrogen functional groups attached to an aromatic ring is 1. The Morgan fingerprint density at radius 1 is 1.64 bits per heavy atom. The van der Waals surface area contributed by atoms with Gasteiger partial charge < -0.3 is 10.5 Å². The predicted molar refractivity (Wildman–Crippen MR) is 42.2 cm³/mol. The summed E-state index contributed by atoms with van der Waals surface area (Å²) in [6.45, 7) is 2.68. The lowest BCUT2D eigenvalue weighted by Crippen LogP contribution is -2.00. The number of rotatable bonds is 3. The minimum atomic E-state index is 0.397. The third-order valence-electron chi connectivity index (χ3n) is 1.17. The molecule has 1 aromatic rings. The maximum absolute atomic E-state index is 5.49. The SMILES string of the molecule is CCCOc1cncnc1N. The largest absolute Gasteiger partial charge is 0.488 e. The van der Waals surface area contributed by atoms with Crippen LogP contribution in [0, 0.1) is 0 Å². The van der Waals surface area contributed by atoms with Crippen molar-refractivity contribution in [3.05, 3.63) is 12.5 Å². The van der Waals surface area contributed by atoms with E-state index in [1.54, 1.807) is 6.20 Å². The van der Waals surface area contributed by atoms with E-state index in [4.69, 9.17) is 10.5 Å². The summed E-state index contributed by atoms with van der Waals surface area (Å²) in [5, 5.41) is 0. The van der Waals surface area contributed by atoms with Crippen molar-refractivity contribution in [2.24, 2.45) is 0 Å². The van der Waals surface area contributed by atoms with Crippen molar-refractivity contribution in [3.8, 4) is 5.75 Å². The second-order valence-corrected chi connectivity index (χ2v) is 2.12. The van der Waals surface area contributed by atoms with E-state index in [0.717, 1.165) is 6.42 Å². The third kappa shape index (κ3) is 2.07. The van der Waals surface area contributed by atoms with Gasteiger partial charge in [-0.2, -0.15) is 0 Å². The quantitative estimate of drug-likeness (QED) is 0.699. The standard InChI is InChI=1S/C7H11N3O/c1-2-3-11-6-4-9-5-10-7(6)8/h4-5H,2-3H2,1H3,(H2,8,9,10). The van der Waals surface area contributed by atoms with Crippen LogP contribution in [0.15, 0.2) is 12.5 Å². The Morgan fingerprint density at radius 3 is 3.09 bits per heavy atom. The molecular weight excluding hydrogens is 142 g/mol. The lowest BCUT2D eigenvalue weighted by molar-refractivity contribution is 0.317. The molecule has 0 spiro atoms. The highest BCUT2D eigenvalue weighted by atomic mass is 16.5. The summed E-state index contributed by atoms with van der Waals surface area (Å²) >= 11 is 0. The van der Waals surface area contributed by atoms with Crippen LogP contribution in [0.5, 0.6) is 5.75 Å². The minimum Gasteiger partial charge on any atom is -0.488 e. The number of ether oxygens (including phenoxy) is 1. The van der Waals surface area contributed by atoms with Gasteiger partial charge in [-0.25, -0.2) is 9.97 Å². The molecule has 0 fully saturated rings. The summed E-state index contributed by atoms with van der Waals surface area (Å²) in [6.07, 6.45) is 3.92. The number of hydrogen-bond donors (Lipinski definition) is 1. The summed E-state index contributed by atoms with van der Waals surface area (Å²) < 4.78 is 5.24. The molecule has 0 radical (unpaired) electrons. The molecule has 1 aromatic heterocycles. The second kappa shape index (κ2) is 3.75. The van der Waals surface area contributed by atoms with Crippen molar-refractivity contribution in [1.82, 2.24) is 9.97 Å². The monoisotopic (exact) mass is 153 g/mol. The Hall–Kier alpha value is -1.32. The molecule has 4 nitrogen and oxygen atoms in total. The molecule has 0 saturated carbocycles. The average Bonchev–Trinajstić information content (AvgIpc) is 2.03. The summed E-state index contributed by atoms with van der Waals surface area (Å²) in [6, 6.07) is 0. The first-order valence-electron chi connectivity index (χ1n) is 3.53. The van der Waals surface area contributed by atoms with Crippen LogP contribution in [-0.2, 0) is 0 Å². The molecule has 0 aliphatic rings. The van der Waals surface area contributed by atoms with E-state index in [9.17, 15) is 0 Å². The Bertz CT molecular complexity index is 227. The van der Waals surface area contributed by atoms with Crippen molar-refractivity contribution in [3.63, 3.8) is 0 Å². The van der Waals surface area contributed by atoms with Crippen molar-refractivity contribution in [2.45, 2.75) is 13.3 Å². The van der Waals surface area contributed by atoms with Crippen molar-refractivity contribution < 1.29 is 4.74 Å². The molecule has 11 heavy (non-hydrogen) atoms. The van der Waals surface area contributed by atoms with Crippen LogP contribution in [0.1, 0.15) is 13.3 Å². The molecule has 0 aliphatic heterocycles. The fraction of sp³-hybridized carbons (Fsp3) is 0.429. The van der Waals surface area contributed by atoms with Crippen molar-refractivity contribution in [1.29, 1.82) is 0 Å². The van der Waals surface area contributed by atoms with Crippen LogP contribution in [0.3, 0.4) is 0 Å². The smallest absolute Gasteiger partial charge is 0.179 e. The maximum atomic E-state index is 5.49. The molecular formula is C7H11N3O. The fourth-order valence-electron chi connectivity index (χ4n) is 0.650. The molecule has 1 heterocycles. The van der Waals surface area contributed by atoms with Crippen LogP contribution in [0.4, 0.5) is 5.82 Å². The molecule has 0 saturated heterocycles. The molecule has 0 amide bonds. The number of hydrogen-bond acceptors (Lipinski definition) is 4. The van der Waals surface area contributed by atoms with Crippen LogP contribution >= 0.6 is 0 Å². The highest BCUT2D eigenvalue weighted by Gasteiger charge is 1.98. The van der Waals surface area contributed by atoms with Crippen LogP contribution in [0.25, 0.3) is 0 Å². The van der Waals surface area contributed by atoms with Gasteiger partial charge in [-0.1, -0.05) is 6.92 Å². The van der Waals surface area contributed by atoms with E-state index in [-0.39, 0.29) is 0 Å². The zero-order chi connectivity index (χ0) is 8.10. The van der Waals surface area contributed by atoms with E-state index in [1.807, 2.05) is 6.92 Å². The summed E-state index contributed by atoms with van der Waals surface area (Å²) in [4.78, 5) is 7.56. The molecule has 0 aliphatic carbocycles. The van der Waals surface area contributed by atoms with Gasteiger partial charge in [0.15, 0.2) is 11.6 Å². The summed E-state index contributed by atoms with van der Waals surface area (Å²) in [5.41, 5.74) is 5.49. The molecule has 0 bridgehead atoms. The molecule has 2 N–H and O–H groups in total. The molecule has 1 rings (SSSR count). The van der Waals surface area contributed by atoms with Crippen molar-refractivity contribution in [2.75, 3.05) is 12.3 Å². The number of anilines is 1. The van der Waals surface area contributed by atoms with Gasteiger partial charge in [0, 0.05) is 0 Å². The van der Waals surface area contributed by atoms with Crippen molar-refractivity contribution >= 4 is 5.82 Å². The Kier molecular flexibility index (Phi) is 2.66. The topological polar surface area (TPSA) is 61.0 Å². The van der Waals surface area contributed by atoms with Crippen LogP contribution in [0.2, 0.25) is 0 Å². The number of nitrogens with zero attached hydrogens (tertiary/aromatic N) is 2. The lowest BCUT2D eigenvalue weighted by Gasteiger charge is -2.04. The van der Waals surface area contributed by atoms with E-state index in [2.05, 4.69) is 9.97 Å². The first kappa shape index (κ1) is 7.78. The zero-order valence-electron chi connectivity index (χ0n) is 6.45. The molecule has 0 aromatic carbocycles. The Morgan fingerprint density at radius 2 is 2.45 bits per heavy atom. The average molecular weight is 153 g/mol. The first-order chi connectivity index (χ1) is 5.34. The minimum absolute atomic E-state index is 0.397. The second-order valence-electron chi connectivity index (χ2n) is 2.12. The highest BCUT2D eigenvalue weighted by molar-refractivity contribution is 5.42. The van der Waals surface area contributed by atoms with Crippen LogP contribution < -0.4 is 10.5 Å². The number of nitrogens with two attached hydrogens (primary N) is 1. The fourth-order valence-corrected chi connectivity index (χ4v) is 0.650. The normalized spacial score (nSPS) is 9.55. The first-order valence-corrected chi connectivity index (χ1v) is 3.53. The van der Waals surface area contributed by atoms with Crippen LogP contribution in [-0.4, -0.2) is 16.6 Å². The Balaban J connectivity index is 2.62. The third-order valence-corrected chi connectivity index (χ3v) is 1.17. The zero-order valence-corrected chi connectivity index (χ0v) is 6.45. The molecule has 4 heteroatoms. The van der Waals surface area contributed by atoms with E-state index in [1.165, 1.54) is 6.33 Å². The highest BCUT2D eigenvalue weighted by Crippen LogP contribution is 2.14. The van der Waals surface area contributed by atoms with Gasteiger partial charge in [-0.3, -0.25) is 0 Å². The van der Waals surface area contributed by atoms with Gasteiger partial charge in [0.05, 0.1) is 12.8 Å². The Labute approximate surface area is 65.4 Å². The molecule has 0 unspecified atom stereocenters. The van der Waals surface area contributed by atoms with E-state index >= 15 is 0 Å². The van der Waals surface area contributed by atoms with Gasteiger partial charge >= 0.3 is 0 Å². The van der Waals surface area contributed by atoms with Gasteiger partial charge in [0.2, 0.25) is 0 Å². The summed E-state index contributed by atoms with van der Waals surface area (Å²) in [5.74, 6) is 0.961. The number of aromatic nitrogens is 2. The summed E-state index contributed by atoms with van der Waals surface area (Å²) in [7, 11) is 0. The van der Waals surface area contributed by atoms with Gasteiger partial charge in [-0.15, -0.1) is 0 Å². The molecule has 0 atom stereocenters. The van der Waals surface area contributed by atoms with Gasteiger partial charge in [0.25, 0.3) is 0 Å².